The molecule has 0 spiro atoms. The number of carbonyl (C=O) groups is 4. The second kappa shape index (κ2) is 30.4. The molecule has 2 amide bonds. The summed E-state index contributed by atoms with van der Waals surface area (Å²) < 4.78 is 72.7. The highest BCUT2D eigenvalue weighted by Gasteiger charge is 2.57. The third-order valence-corrected chi connectivity index (χ3v) is 20.0. The van der Waals surface area contributed by atoms with Crippen LogP contribution in [0.3, 0.4) is 0 Å². The number of rotatable bonds is 21. The van der Waals surface area contributed by atoms with Crippen molar-refractivity contribution in [2.75, 3.05) is 61.4 Å². The van der Waals surface area contributed by atoms with Gasteiger partial charge in [0.15, 0.2) is 11.9 Å². The molecule has 2 aromatic rings. The first kappa shape index (κ1) is 70.5. The van der Waals surface area contributed by atoms with Gasteiger partial charge in [0.2, 0.25) is 0 Å². The number of hydrogen-bond acceptors (Lipinski definition) is 21. The molecule has 0 radical (unpaired) electrons. The number of carbonyl (C=O) groups excluding carboxylic acids is 4. The number of nitrogens with zero attached hydrogens (tertiary/aromatic N) is 3. The lowest BCUT2D eigenvalue weighted by molar-refractivity contribution is -0.305. The number of ether oxygens (including phenoxy) is 9. The monoisotopic (exact) mass is 1240 g/mol. The zero-order chi connectivity index (χ0) is 64.6. The Labute approximate surface area is 519 Å². The maximum atomic E-state index is 15.3. The number of nitrogens with two attached hydrogens (primary N) is 2. The van der Waals surface area contributed by atoms with Crippen molar-refractivity contribution in [2.45, 2.75) is 204 Å². The Morgan fingerprint density at radius 3 is 2.19 bits per heavy atom. The van der Waals surface area contributed by atoms with E-state index in [0.717, 1.165) is 35.2 Å². The molecule has 1 aromatic heterocycles. The van der Waals surface area contributed by atoms with E-state index in [1.54, 1.807) is 51.2 Å². The number of alkyl halides is 1. The van der Waals surface area contributed by atoms with Crippen molar-refractivity contribution < 1.29 is 76.4 Å². The van der Waals surface area contributed by atoms with E-state index in [9.17, 15) is 19.8 Å². The zero-order valence-corrected chi connectivity index (χ0v) is 54.1. The van der Waals surface area contributed by atoms with Gasteiger partial charge in [0.05, 0.1) is 41.5 Å². The molecule has 24 heteroatoms. The normalized spacial score (nSPS) is 36.4. The van der Waals surface area contributed by atoms with Crippen molar-refractivity contribution in [2.24, 2.45) is 47.0 Å². The quantitative estimate of drug-likeness (QED) is 0.0743. The van der Waals surface area contributed by atoms with Crippen molar-refractivity contribution in [3.05, 3.63) is 65.7 Å². The topological polar surface area (TPSA) is 299 Å². The number of aliphatic hydroxyl groups excluding tert-OH is 2. The molecular formula is C64H101FN8O15. The first-order chi connectivity index (χ1) is 41.7. The van der Waals surface area contributed by atoms with Crippen LogP contribution in [0.2, 0.25) is 0 Å². The molecule has 5 aliphatic heterocycles. The Bertz CT molecular complexity index is 2660. The number of amides is 2. The molecular weight excluding hydrogens is 1140 g/mol. The van der Waals surface area contributed by atoms with Gasteiger partial charge in [0.1, 0.15) is 48.6 Å². The number of esters is 1. The van der Waals surface area contributed by atoms with Gasteiger partial charge in [-0.2, -0.15) is 0 Å². The van der Waals surface area contributed by atoms with E-state index >= 15 is 14.0 Å². The van der Waals surface area contributed by atoms with Gasteiger partial charge in [0, 0.05) is 120 Å². The Kier molecular flexibility index (Phi) is 24.4. The number of aromatic nitrogens is 1. The Hall–Kier alpha value is -4.96. The molecule has 20 atom stereocenters. The third-order valence-electron chi connectivity index (χ3n) is 20.0. The van der Waals surface area contributed by atoms with E-state index in [1.165, 1.54) is 14.2 Å². The average Bonchev–Trinajstić information content (AvgIpc) is 1.08. The summed E-state index contributed by atoms with van der Waals surface area (Å²) in [5.41, 5.74) is 16.8. The van der Waals surface area contributed by atoms with E-state index in [-0.39, 0.29) is 43.3 Å². The second-order valence-corrected chi connectivity index (χ2v) is 25.9. The summed E-state index contributed by atoms with van der Waals surface area (Å²) in [5, 5.41) is 29.5. The van der Waals surface area contributed by atoms with Crippen LogP contribution in [0.15, 0.2) is 54.5 Å². The Morgan fingerprint density at radius 1 is 0.932 bits per heavy atom. The van der Waals surface area contributed by atoms with Crippen molar-refractivity contribution in [3.63, 3.8) is 0 Å². The number of benzene rings is 1. The number of primary amides is 2. The summed E-state index contributed by atoms with van der Waals surface area (Å²) in [6, 6.07) is 9.61. The largest absolute Gasteiger partial charge is 0.458 e. The number of halogens is 1. The van der Waals surface area contributed by atoms with Crippen LogP contribution in [-0.2, 0) is 52.2 Å². The first-order valence-corrected chi connectivity index (χ1v) is 31.3. The Morgan fingerprint density at radius 2 is 1.60 bits per heavy atom. The maximum Gasteiger partial charge on any atom is 0.405 e. The highest BCUT2D eigenvalue weighted by molar-refractivity contribution is 5.91. The highest BCUT2D eigenvalue weighted by atomic mass is 19.1. The van der Waals surface area contributed by atoms with Crippen LogP contribution in [-0.4, -0.2) is 194 Å². The van der Waals surface area contributed by atoms with Gasteiger partial charge in [-0.05, 0) is 96.9 Å². The van der Waals surface area contributed by atoms with Crippen LogP contribution in [0.25, 0.3) is 11.1 Å². The molecule has 23 nitrogen and oxygen atoms in total. The fourth-order valence-corrected chi connectivity index (χ4v) is 14.6. The molecule has 494 valence electrons. The van der Waals surface area contributed by atoms with Crippen LogP contribution in [0.4, 0.5) is 9.18 Å². The lowest BCUT2D eigenvalue weighted by Gasteiger charge is -2.52. The van der Waals surface area contributed by atoms with E-state index in [4.69, 9.17) is 54.1 Å². The average molecular weight is 1240 g/mol. The number of likely N-dealkylation sites (N-methyl/N-ethyl adjacent to an activating group) is 1. The SMILES string of the molecule is CC[C@H]1OC(=O)[C@H](C)C([C@H]2C[C@@](C)(OC)[C@@H](O)[C@H](C)O2)[C@H](C)[C@@H](O[C@@H]2O[C@H](C)C[C@H](N(C)CCC3=CN([C@H](CF)[C@H](OC)c4ccc(-c5ccc(C(N)=O)nc5)cc4)NN3)[C@H]2O)[C@](C)(OC)C[C@@H](C)C(=O)[C@H](C)[C@@H](CNC2CCOCC2)[C@]1(C)OC(N)=O. The predicted molar refractivity (Wildman–Crippen MR) is 325 cm³/mol. The minimum absolute atomic E-state index is 0.0507. The van der Waals surface area contributed by atoms with Crippen LogP contribution in [0.1, 0.15) is 136 Å². The Balaban J connectivity index is 1.17. The van der Waals surface area contributed by atoms with Gasteiger partial charge in [0.25, 0.3) is 5.91 Å². The smallest absolute Gasteiger partial charge is 0.405 e. The minimum atomic E-state index is -1.60. The molecule has 4 saturated heterocycles. The molecule has 0 saturated carbocycles. The van der Waals surface area contributed by atoms with Crippen LogP contribution in [0, 0.1) is 35.5 Å². The fraction of sp³-hybridized carbons (Fsp3) is 0.734. The molecule has 1 aromatic carbocycles. The van der Waals surface area contributed by atoms with E-state index < -0.39 is 144 Å². The van der Waals surface area contributed by atoms with Crippen molar-refractivity contribution >= 4 is 23.8 Å². The van der Waals surface area contributed by atoms with Crippen molar-refractivity contribution in [1.82, 2.24) is 31.2 Å². The van der Waals surface area contributed by atoms with Gasteiger partial charge in [-0.25, -0.2) is 9.18 Å². The molecule has 7 rings (SSSR count). The summed E-state index contributed by atoms with van der Waals surface area (Å²) in [6.07, 6.45) is -3.06. The third kappa shape index (κ3) is 15.8. The predicted octanol–water partition coefficient (Wildman–Crippen LogP) is 5.65. The number of methoxy groups -OCH3 is 3. The second-order valence-electron chi connectivity index (χ2n) is 25.9. The number of hydrogen-bond donors (Lipinski definition) is 7. The summed E-state index contributed by atoms with van der Waals surface area (Å²) in [6.45, 7) is 19.3. The van der Waals surface area contributed by atoms with Crippen molar-refractivity contribution in [1.29, 1.82) is 0 Å². The van der Waals surface area contributed by atoms with Gasteiger partial charge >= 0.3 is 12.1 Å². The van der Waals surface area contributed by atoms with Crippen LogP contribution >= 0.6 is 0 Å². The number of aliphatic hydroxyl groups is 2. The van der Waals surface area contributed by atoms with E-state index in [0.29, 0.717) is 32.6 Å². The standard InChI is InChI=1S/C64H101FN8O15/c1-15-51-64(10,88-61(67)79)46(33-68-44-23-26-83-27-24-44)37(4)53(74)35(2)29-63(9,82-14)57(38(5)52(39(6)59(78)86-51)50-30-62(8,81-13)56(76)40(7)85-50)87-60-54(75)48(28-36(3)84-60)72(11)25-22-45-34-73(71-70-45)49(31-65)55(80-12)42-18-16-41(17-19-42)43-20-21-47(58(66)77)69-32-43/h16-21,32,34-40,44,46,48-52,54-57,60,68,70-71,75-76H,15,22-31,33H2,1-14H3,(H2,66,77)(H2,67,79)/t35-,36-,37-,38+,39-,40+,46-,48+,49-,50-,51-,52?,54-,55-,56+,57-,60+,62-,63-,64+/m1/s1. The number of Topliss-reactive ketones (excluding diaryl/α,β-unsaturated/α-hetero) is 1. The first-order valence-electron chi connectivity index (χ1n) is 31.3. The molecule has 88 heavy (non-hydrogen) atoms. The highest BCUT2D eigenvalue weighted by Crippen LogP contribution is 2.47. The van der Waals surface area contributed by atoms with Gasteiger partial charge in [-0.3, -0.25) is 24.4 Å². The van der Waals surface area contributed by atoms with E-state index in [2.05, 4.69) is 21.3 Å². The molecule has 9 N–H and O–H groups in total. The molecule has 0 bridgehead atoms. The summed E-state index contributed by atoms with van der Waals surface area (Å²) in [5.74, 6) is -6.09. The summed E-state index contributed by atoms with van der Waals surface area (Å²) >= 11 is 0. The van der Waals surface area contributed by atoms with Crippen LogP contribution in [0.5, 0.6) is 0 Å². The zero-order valence-electron chi connectivity index (χ0n) is 54.1. The molecule has 6 heterocycles. The minimum Gasteiger partial charge on any atom is -0.458 e. The summed E-state index contributed by atoms with van der Waals surface area (Å²) in [4.78, 5) is 61.5. The summed E-state index contributed by atoms with van der Waals surface area (Å²) in [7, 11) is 6.53. The molecule has 5 aliphatic rings. The fourth-order valence-electron chi connectivity index (χ4n) is 14.6. The van der Waals surface area contributed by atoms with Crippen molar-refractivity contribution in [3.8, 4) is 11.1 Å². The number of ketones is 1. The number of pyridine rings is 1. The van der Waals surface area contributed by atoms with Gasteiger partial charge < -0.3 is 80.0 Å². The van der Waals surface area contributed by atoms with E-state index in [1.807, 2.05) is 90.9 Å². The van der Waals surface area contributed by atoms with Gasteiger partial charge in [-0.1, -0.05) is 65.0 Å². The maximum absolute atomic E-state index is 15.3. The van der Waals surface area contributed by atoms with Crippen LogP contribution < -0.4 is 27.7 Å². The molecule has 4 fully saturated rings. The lowest BCUT2D eigenvalue weighted by Crippen LogP contribution is -2.63. The molecule has 1 unspecified atom stereocenters. The number of hydrazine groups is 2. The molecule has 0 aliphatic carbocycles. The number of nitrogens with one attached hydrogen (secondary N) is 3. The lowest BCUT2D eigenvalue weighted by atomic mass is 9.67. The van der Waals surface area contributed by atoms with Gasteiger partial charge in [-0.15, -0.1) is 5.53 Å². The number of cyclic esters (lactones) is 1.